The topological polar surface area (TPSA) is 67.2 Å². The third kappa shape index (κ3) is 3.25. The standard InChI is InChI=1S/C17H24N6O/c1-13(2)23-12-19-20-15(23)11-21(3)16-14(7-6-8-18-16)17(24)22-9-4-5-10-22/h6-8,12-13H,4-5,9-11H2,1-3H3. The first-order valence-corrected chi connectivity index (χ1v) is 8.41. The predicted molar refractivity (Wildman–Crippen MR) is 91.9 cm³/mol. The first-order chi connectivity index (χ1) is 11.6. The molecule has 0 unspecified atom stereocenters. The smallest absolute Gasteiger partial charge is 0.257 e. The van der Waals surface area contributed by atoms with Crippen LogP contribution in [0, 0.1) is 0 Å². The largest absolute Gasteiger partial charge is 0.351 e. The summed E-state index contributed by atoms with van der Waals surface area (Å²) < 4.78 is 2.03. The maximum atomic E-state index is 12.8. The predicted octanol–water partition coefficient (Wildman–Crippen LogP) is 2.13. The van der Waals surface area contributed by atoms with E-state index in [0.29, 0.717) is 17.9 Å². The first kappa shape index (κ1) is 16.4. The van der Waals surface area contributed by atoms with E-state index in [1.165, 1.54) is 0 Å². The average Bonchev–Trinajstić information content (AvgIpc) is 3.25. The molecule has 2 aromatic rings. The summed E-state index contributed by atoms with van der Waals surface area (Å²) in [6.07, 6.45) is 5.62. The van der Waals surface area contributed by atoms with Crippen LogP contribution in [0.3, 0.4) is 0 Å². The molecule has 128 valence electrons. The molecule has 1 aliphatic rings. The number of rotatable bonds is 5. The van der Waals surface area contributed by atoms with Crippen molar-refractivity contribution in [1.29, 1.82) is 0 Å². The van der Waals surface area contributed by atoms with Gasteiger partial charge in [-0.2, -0.15) is 0 Å². The van der Waals surface area contributed by atoms with Crippen molar-refractivity contribution in [2.45, 2.75) is 39.3 Å². The fourth-order valence-electron chi connectivity index (χ4n) is 3.06. The minimum Gasteiger partial charge on any atom is -0.351 e. The van der Waals surface area contributed by atoms with E-state index in [1.54, 1.807) is 12.5 Å². The molecule has 1 amide bonds. The van der Waals surface area contributed by atoms with Crippen LogP contribution in [-0.2, 0) is 6.54 Å². The zero-order valence-electron chi connectivity index (χ0n) is 14.5. The number of carbonyl (C=O) groups is 1. The van der Waals surface area contributed by atoms with Gasteiger partial charge < -0.3 is 14.4 Å². The summed E-state index contributed by atoms with van der Waals surface area (Å²) in [5.41, 5.74) is 0.650. The number of hydrogen-bond donors (Lipinski definition) is 0. The highest BCUT2D eigenvalue weighted by Gasteiger charge is 2.24. The van der Waals surface area contributed by atoms with Crippen LogP contribution in [0.25, 0.3) is 0 Å². The highest BCUT2D eigenvalue weighted by atomic mass is 16.2. The molecule has 0 N–H and O–H groups in total. The van der Waals surface area contributed by atoms with Crippen molar-refractivity contribution in [1.82, 2.24) is 24.6 Å². The van der Waals surface area contributed by atoms with Gasteiger partial charge >= 0.3 is 0 Å². The van der Waals surface area contributed by atoms with E-state index in [9.17, 15) is 4.79 Å². The summed E-state index contributed by atoms with van der Waals surface area (Å²) in [6, 6.07) is 3.96. The molecule has 0 spiro atoms. The zero-order valence-corrected chi connectivity index (χ0v) is 14.5. The molecule has 7 nitrogen and oxygen atoms in total. The van der Waals surface area contributed by atoms with Gasteiger partial charge in [0, 0.05) is 32.4 Å². The second-order valence-corrected chi connectivity index (χ2v) is 6.48. The molecule has 3 rings (SSSR count). The molecule has 0 saturated carbocycles. The van der Waals surface area contributed by atoms with Crippen molar-refractivity contribution in [2.75, 3.05) is 25.0 Å². The highest BCUT2D eigenvalue weighted by molar-refractivity contribution is 5.99. The maximum Gasteiger partial charge on any atom is 0.257 e. The lowest BCUT2D eigenvalue weighted by Crippen LogP contribution is -2.30. The summed E-state index contributed by atoms with van der Waals surface area (Å²) >= 11 is 0. The molecule has 7 heteroatoms. The van der Waals surface area contributed by atoms with Crippen molar-refractivity contribution in [3.8, 4) is 0 Å². The van der Waals surface area contributed by atoms with Gasteiger partial charge in [-0.3, -0.25) is 4.79 Å². The number of pyridine rings is 1. The van der Waals surface area contributed by atoms with Gasteiger partial charge in [-0.1, -0.05) is 0 Å². The fourth-order valence-corrected chi connectivity index (χ4v) is 3.06. The Labute approximate surface area is 142 Å². The monoisotopic (exact) mass is 328 g/mol. The number of hydrogen-bond acceptors (Lipinski definition) is 5. The SMILES string of the molecule is CC(C)n1cnnc1CN(C)c1ncccc1C(=O)N1CCCC1. The van der Waals surface area contributed by atoms with Gasteiger partial charge in [0.1, 0.15) is 12.1 Å². The van der Waals surface area contributed by atoms with Crippen LogP contribution in [0.5, 0.6) is 0 Å². The van der Waals surface area contributed by atoms with Crippen LogP contribution in [0.1, 0.15) is 48.9 Å². The highest BCUT2D eigenvalue weighted by Crippen LogP contribution is 2.22. The molecule has 1 saturated heterocycles. The van der Waals surface area contributed by atoms with Crippen LogP contribution in [0.2, 0.25) is 0 Å². The molecular weight excluding hydrogens is 304 g/mol. The number of carbonyl (C=O) groups excluding carboxylic acids is 1. The minimum absolute atomic E-state index is 0.0628. The van der Waals surface area contributed by atoms with E-state index in [1.807, 2.05) is 33.5 Å². The van der Waals surface area contributed by atoms with Crippen LogP contribution in [0.4, 0.5) is 5.82 Å². The van der Waals surface area contributed by atoms with Crippen LogP contribution in [-0.4, -0.2) is 50.7 Å². The molecule has 0 aliphatic carbocycles. The summed E-state index contributed by atoms with van der Waals surface area (Å²) in [4.78, 5) is 21.1. The van der Waals surface area contributed by atoms with Gasteiger partial charge in [0.25, 0.3) is 5.91 Å². The van der Waals surface area contributed by atoms with Crippen molar-refractivity contribution in [3.05, 3.63) is 36.0 Å². The van der Waals surface area contributed by atoms with Gasteiger partial charge in [-0.25, -0.2) is 4.98 Å². The number of amides is 1. The lowest BCUT2D eigenvalue weighted by Gasteiger charge is -2.23. The van der Waals surface area contributed by atoms with Crippen molar-refractivity contribution in [2.24, 2.45) is 0 Å². The van der Waals surface area contributed by atoms with Crippen LogP contribution < -0.4 is 4.90 Å². The summed E-state index contributed by atoms with van der Waals surface area (Å²) in [5, 5.41) is 8.20. The van der Waals surface area contributed by atoms with Crippen molar-refractivity contribution in [3.63, 3.8) is 0 Å². The van der Waals surface area contributed by atoms with Crippen molar-refractivity contribution < 1.29 is 4.79 Å². The Balaban J connectivity index is 1.83. The third-order valence-electron chi connectivity index (χ3n) is 4.35. The summed E-state index contributed by atoms with van der Waals surface area (Å²) in [6.45, 7) is 6.40. The fraction of sp³-hybridized carbons (Fsp3) is 0.529. The lowest BCUT2D eigenvalue weighted by atomic mass is 10.2. The molecule has 0 radical (unpaired) electrons. The Bertz CT molecular complexity index is 705. The first-order valence-electron chi connectivity index (χ1n) is 8.41. The van der Waals surface area contributed by atoms with Gasteiger partial charge in [0.2, 0.25) is 0 Å². The zero-order chi connectivity index (χ0) is 17.1. The summed E-state index contributed by atoms with van der Waals surface area (Å²) in [7, 11) is 1.93. The molecule has 3 heterocycles. The summed E-state index contributed by atoms with van der Waals surface area (Å²) in [5.74, 6) is 1.61. The third-order valence-corrected chi connectivity index (χ3v) is 4.35. The molecule has 1 fully saturated rings. The molecule has 1 aliphatic heterocycles. The Hall–Kier alpha value is -2.44. The van der Waals surface area contributed by atoms with E-state index in [-0.39, 0.29) is 11.9 Å². The lowest BCUT2D eigenvalue weighted by molar-refractivity contribution is 0.0793. The van der Waals surface area contributed by atoms with E-state index in [0.717, 1.165) is 31.8 Å². The number of likely N-dealkylation sites (tertiary alicyclic amines) is 1. The minimum atomic E-state index is 0.0628. The van der Waals surface area contributed by atoms with Gasteiger partial charge in [0.15, 0.2) is 5.82 Å². The van der Waals surface area contributed by atoms with Gasteiger partial charge in [-0.05, 0) is 38.8 Å². The van der Waals surface area contributed by atoms with E-state index >= 15 is 0 Å². The second-order valence-electron chi connectivity index (χ2n) is 6.48. The quantitative estimate of drug-likeness (QED) is 0.841. The number of nitrogens with zero attached hydrogens (tertiary/aromatic N) is 6. The molecule has 0 atom stereocenters. The maximum absolute atomic E-state index is 12.8. The molecule has 0 bridgehead atoms. The number of anilines is 1. The Morgan fingerprint density at radius 2 is 2.08 bits per heavy atom. The Morgan fingerprint density at radius 3 is 2.79 bits per heavy atom. The van der Waals surface area contributed by atoms with E-state index < -0.39 is 0 Å². The Morgan fingerprint density at radius 1 is 1.33 bits per heavy atom. The van der Waals surface area contributed by atoms with E-state index in [2.05, 4.69) is 29.0 Å². The van der Waals surface area contributed by atoms with Gasteiger partial charge in [0.05, 0.1) is 12.1 Å². The normalized spacial score (nSPS) is 14.4. The Kier molecular flexibility index (Phi) is 4.78. The molecule has 2 aromatic heterocycles. The molecule has 0 aromatic carbocycles. The number of aromatic nitrogens is 4. The molecular formula is C17H24N6O. The second kappa shape index (κ2) is 6.98. The van der Waals surface area contributed by atoms with Crippen LogP contribution in [0.15, 0.2) is 24.7 Å². The van der Waals surface area contributed by atoms with E-state index in [4.69, 9.17) is 0 Å². The molecule has 24 heavy (non-hydrogen) atoms. The van der Waals surface area contributed by atoms with Crippen molar-refractivity contribution >= 4 is 11.7 Å². The average molecular weight is 328 g/mol. The van der Waals surface area contributed by atoms with Crippen LogP contribution >= 0.6 is 0 Å². The van der Waals surface area contributed by atoms with Gasteiger partial charge in [-0.15, -0.1) is 10.2 Å².